The molecular weight excluding hydrogens is 202 g/mol. The summed E-state index contributed by atoms with van der Waals surface area (Å²) < 4.78 is 0. The summed E-state index contributed by atoms with van der Waals surface area (Å²) in [7, 11) is 2.10. The number of nitrogens with zero attached hydrogens (tertiary/aromatic N) is 1. The van der Waals surface area contributed by atoms with Crippen molar-refractivity contribution in [2.24, 2.45) is 5.92 Å². The molecule has 1 rings (SSSR count). The van der Waals surface area contributed by atoms with E-state index in [1.165, 1.54) is 6.42 Å². The van der Waals surface area contributed by atoms with Crippen LogP contribution < -0.4 is 0 Å². The van der Waals surface area contributed by atoms with Crippen LogP contribution in [0.15, 0.2) is 0 Å². The van der Waals surface area contributed by atoms with Gasteiger partial charge in [-0.2, -0.15) is 0 Å². The van der Waals surface area contributed by atoms with Crippen LogP contribution in [0.3, 0.4) is 0 Å². The van der Waals surface area contributed by atoms with Crippen molar-refractivity contribution in [3.63, 3.8) is 0 Å². The normalized spacial score (nSPS) is 26.3. The number of hydrogen-bond donors (Lipinski definition) is 1. The molecule has 0 radical (unpaired) electrons. The summed E-state index contributed by atoms with van der Waals surface area (Å²) in [6, 6.07) is 0.779. The molecule has 0 aromatic rings. The lowest BCUT2D eigenvalue weighted by atomic mass is 9.83. The van der Waals surface area contributed by atoms with E-state index in [4.69, 9.17) is 0 Å². The molecule has 16 heavy (non-hydrogen) atoms. The summed E-state index contributed by atoms with van der Waals surface area (Å²) >= 11 is 0. The van der Waals surface area contributed by atoms with Crippen molar-refractivity contribution in [2.75, 3.05) is 7.05 Å². The second-order valence-corrected chi connectivity index (χ2v) is 4.93. The third-order valence-electron chi connectivity index (χ3n) is 4.09. The number of carbonyl (C=O) groups is 1. The SMILES string of the molecule is CCC(CC)N(C)C1CCCCC1C(=O)O. The Labute approximate surface area is 98.8 Å². The van der Waals surface area contributed by atoms with Crippen LogP contribution in [0.5, 0.6) is 0 Å². The van der Waals surface area contributed by atoms with Crippen molar-refractivity contribution >= 4 is 5.97 Å². The molecule has 0 saturated heterocycles. The summed E-state index contributed by atoms with van der Waals surface area (Å²) in [6.07, 6.45) is 6.36. The quantitative estimate of drug-likeness (QED) is 0.785. The average molecular weight is 227 g/mol. The Morgan fingerprint density at radius 2 is 1.88 bits per heavy atom. The van der Waals surface area contributed by atoms with Crippen LogP contribution in [-0.4, -0.2) is 35.1 Å². The maximum Gasteiger partial charge on any atom is 0.308 e. The molecule has 0 bridgehead atoms. The van der Waals surface area contributed by atoms with E-state index >= 15 is 0 Å². The third kappa shape index (κ3) is 2.97. The van der Waals surface area contributed by atoms with E-state index in [2.05, 4.69) is 25.8 Å². The first-order chi connectivity index (χ1) is 7.61. The first-order valence-electron chi connectivity index (χ1n) is 6.56. The van der Waals surface area contributed by atoms with Gasteiger partial charge in [0.1, 0.15) is 0 Å². The zero-order valence-corrected chi connectivity index (χ0v) is 10.8. The van der Waals surface area contributed by atoms with Gasteiger partial charge in [0.25, 0.3) is 0 Å². The second-order valence-electron chi connectivity index (χ2n) is 4.93. The molecular formula is C13H25NO2. The fourth-order valence-corrected chi connectivity index (χ4v) is 3.02. The fraction of sp³-hybridized carbons (Fsp3) is 0.923. The van der Waals surface area contributed by atoms with E-state index in [1.54, 1.807) is 0 Å². The molecule has 94 valence electrons. The van der Waals surface area contributed by atoms with Crippen molar-refractivity contribution in [3.05, 3.63) is 0 Å². The largest absolute Gasteiger partial charge is 0.481 e. The Bertz CT molecular complexity index is 226. The number of carboxylic acids is 1. The number of hydrogen-bond acceptors (Lipinski definition) is 2. The van der Waals surface area contributed by atoms with Crippen LogP contribution in [0.4, 0.5) is 0 Å². The van der Waals surface area contributed by atoms with Gasteiger partial charge >= 0.3 is 5.97 Å². The Kier molecular flexibility index (Phi) is 5.26. The lowest BCUT2D eigenvalue weighted by molar-refractivity contribution is -0.145. The molecule has 0 aromatic heterocycles. The zero-order valence-electron chi connectivity index (χ0n) is 10.8. The molecule has 1 fully saturated rings. The van der Waals surface area contributed by atoms with Crippen molar-refractivity contribution in [3.8, 4) is 0 Å². The highest BCUT2D eigenvalue weighted by Crippen LogP contribution is 2.30. The maximum absolute atomic E-state index is 11.2. The molecule has 1 aliphatic carbocycles. The fourth-order valence-electron chi connectivity index (χ4n) is 3.02. The smallest absolute Gasteiger partial charge is 0.308 e. The van der Waals surface area contributed by atoms with Crippen LogP contribution in [0.25, 0.3) is 0 Å². The molecule has 2 unspecified atom stereocenters. The average Bonchev–Trinajstić information content (AvgIpc) is 2.30. The minimum absolute atomic E-state index is 0.153. The summed E-state index contributed by atoms with van der Waals surface area (Å²) in [6.45, 7) is 4.37. The maximum atomic E-state index is 11.2. The molecule has 0 amide bonds. The lowest BCUT2D eigenvalue weighted by Crippen LogP contribution is -2.47. The van der Waals surface area contributed by atoms with Gasteiger partial charge in [0, 0.05) is 12.1 Å². The van der Waals surface area contributed by atoms with E-state index in [1.807, 2.05) is 0 Å². The van der Waals surface area contributed by atoms with Crippen LogP contribution >= 0.6 is 0 Å². The minimum Gasteiger partial charge on any atom is -0.481 e. The van der Waals surface area contributed by atoms with E-state index in [-0.39, 0.29) is 12.0 Å². The third-order valence-corrected chi connectivity index (χ3v) is 4.09. The molecule has 0 heterocycles. The van der Waals surface area contributed by atoms with Crippen LogP contribution in [0, 0.1) is 5.92 Å². The highest BCUT2D eigenvalue weighted by atomic mass is 16.4. The predicted octanol–water partition coefficient (Wildman–Crippen LogP) is 2.75. The van der Waals surface area contributed by atoms with Crippen molar-refractivity contribution in [2.45, 2.75) is 64.5 Å². The highest BCUT2D eigenvalue weighted by Gasteiger charge is 2.34. The minimum atomic E-state index is -0.609. The van der Waals surface area contributed by atoms with E-state index in [0.717, 1.165) is 32.1 Å². The molecule has 2 atom stereocenters. The van der Waals surface area contributed by atoms with Crippen LogP contribution in [0.2, 0.25) is 0 Å². The van der Waals surface area contributed by atoms with Crippen molar-refractivity contribution in [1.82, 2.24) is 4.90 Å². The number of rotatable bonds is 5. The Morgan fingerprint density at radius 1 is 1.31 bits per heavy atom. The Balaban J connectivity index is 2.70. The number of carboxylic acid groups (broad SMARTS) is 1. The van der Waals surface area contributed by atoms with E-state index in [9.17, 15) is 9.90 Å². The number of aliphatic carboxylic acids is 1. The first-order valence-corrected chi connectivity index (χ1v) is 6.56. The van der Waals surface area contributed by atoms with Gasteiger partial charge in [-0.1, -0.05) is 26.7 Å². The topological polar surface area (TPSA) is 40.5 Å². The molecule has 1 saturated carbocycles. The van der Waals surface area contributed by atoms with Crippen molar-refractivity contribution < 1.29 is 9.90 Å². The van der Waals surface area contributed by atoms with Gasteiger partial charge in [-0.3, -0.25) is 9.69 Å². The van der Waals surface area contributed by atoms with Gasteiger partial charge in [-0.15, -0.1) is 0 Å². The van der Waals surface area contributed by atoms with Crippen LogP contribution in [-0.2, 0) is 4.79 Å². The summed E-state index contributed by atoms with van der Waals surface area (Å²) in [5.74, 6) is -0.762. The lowest BCUT2D eigenvalue weighted by Gasteiger charge is -2.40. The molecule has 0 aromatic carbocycles. The van der Waals surface area contributed by atoms with Gasteiger partial charge in [0.15, 0.2) is 0 Å². The summed E-state index contributed by atoms with van der Waals surface area (Å²) in [4.78, 5) is 13.6. The highest BCUT2D eigenvalue weighted by molar-refractivity contribution is 5.71. The molecule has 0 aliphatic heterocycles. The van der Waals surface area contributed by atoms with Gasteiger partial charge in [0.2, 0.25) is 0 Å². The molecule has 3 heteroatoms. The monoisotopic (exact) mass is 227 g/mol. The first kappa shape index (κ1) is 13.5. The van der Waals surface area contributed by atoms with Gasteiger partial charge in [-0.25, -0.2) is 0 Å². The summed E-state index contributed by atoms with van der Waals surface area (Å²) in [5, 5.41) is 9.26. The van der Waals surface area contributed by atoms with Gasteiger partial charge in [-0.05, 0) is 32.7 Å². The standard InChI is InChI=1S/C13H25NO2/c1-4-10(5-2)14(3)12-9-7-6-8-11(12)13(15)16/h10-12H,4-9H2,1-3H3,(H,15,16). The van der Waals surface area contributed by atoms with E-state index in [0.29, 0.717) is 6.04 Å². The van der Waals surface area contributed by atoms with E-state index < -0.39 is 5.97 Å². The molecule has 1 N–H and O–H groups in total. The molecule has 0 spiro atoms. The second kappa shape index (κ2) is 6.24. The van der Waals surface area contributed by atoms with Gasteiger partial charge < -0.3 is 5.11 Å². The predicted molar refractivity (Wildman–Crippen MR) is 65.5 cm³/mol. The summed E-state index contributed by atoms with van der Waals surface area (Å²) in [5.41, 5.74) is 0. The van der Waals surface area contributed by atoms with Crippen molar-refractivity contribution in [1.29, 1.82) is 0 Å². The zero-order chi connectivity index (χ0) is 12.1. The Morgan fingerprint density at radius 3 is 2.38 bits per heavy atom. The molecule has 3 nitrogen and oxygen atoms in total. The molecule has 1 aliphatic rings. The Hall–Kier alpha value is -0.570. The van der Waals surface area contributed by atoms with Gasteiger partial charge in [0.05, 0.1) is 5.92 Å². The van der Waals surface area contributed by atoms with Crippen LogP contribution in [0.1, 0.15) is 52.4 Å².